The van der Waals surface area contributed by atoms with Gasteiger partial charge in [-0.05, 0) is 37.3 Å². The number of nitrogens with zero attached hydrogens (tertiary/aromatic N) is 1. The Bertz CT molecular complexity index is 418. The van der Waals surface area contributed by atoms with E-state index >= 15 is 0 Å². The summed E-state index contributed by atoms with van der Waals surface area (Å²) in [6, 6.07) is 11.2. The fourth-order valence-corrected chi connectivity index (χ4v) is 3.22. The molecule has 3 nitrogen and oxygen atoms in total. The Hall–Kier alpha value is -1.35. The lowest BCUT2D eigenvalue weighted by Crippen LogP contribution is -2.26. The van der Waals surface area contributed by atoms with Crippen LogP contribution in [0.1, 0.15) is 50.6 Å². The van der Waals surface area contributed by atoms with Crippen LogP contribution in [0.4, 0.5) is 0 Å². The highest BCUT2D eigenvalue weighted by Gasteiger charge is 2.28. The molecule has 3 heteroatoms. The van der Waals surface area contributed by atoms with Crippen molar-refractivity contribution in [3.05, 3.63) is 35.9 Å². The Balaban J connectivity index is 1.96. The highest BCUT2D eigenvalue weighted by atomic mass is 16.4. The maximum absolute atomic E-state index is 10.7. The number of hydrogen-bond acceptors (Lipinski definition) is 2. The van der Waals surface area contributed by atoms with Gasteiger partial charge >= 0.3 is 5.97 Å². The molecule has 1 aliphatic rings. The number of carboxylic acid groups (broad SMARTS) is 1. The zero-order valence-electron chi connectivity index (χ0n) is 12.3. The third-order valence-electron chi connectivity index (χ3n) is 4.27. The quantitative estimate of drug-likeness (QED) is 0.824. The van der Waals surface area contributed by atoms with Crippen LogP contribution in [0.3, 0.4) is 0 Å². The van der Waals surface area contributed by atoms with Gasteiger partial charge < -0.3 is 5.11 Å². The van der Waals surface area contributed by atoms with Gasteiger partial charge in [0, 0.05) is 19.0 Å². The zero-order chi connectivity index (χ0) is 14.4. The maximum atomic E-state index is 10.7. The summed E-state index contributed by atoms with van der Waals surface area (Å²) in [6.45, 7) is 4.38. The minimum absolute atomic E-state index is 0.308. The second-order valence-electron chi connectivity index (χ2n) is 5.80. The lowest BCUT2D eigenvalue weighted by Gasteiger charge is -2.28. The van der Waals surface area contributed by atoms with Crippen molar-refractivity contribution in [2.75, 3.05) is 13.1 Å². The van der Waals surface area contributed by atoms with Crippen molar-refractivity contribution in [2.45, 2.75) is 45.1 Å². The van der Waals surface area contributed by atoms with E-state index in [1.54, 1.807) is 0 Å². The first-order valence-electron chi connectivity index (χ1n) is 7.71. The largest absolute Gasteiger partial charge is 0.481 e. The van der Waals surface area contributed by atoms with Gasteiger partial charge in [-0.2, -0.15) is 0 Å². The number of benzene rings is 1. The molecule has 1 aromatic carbocycles. The molecule has 0 radical (unpaired) electrons. The normalized spacial score (nSPS) is 20.9. The lowest BCUT2D eigenvalue weighted by molar-refractivity contribution is -0.137. The smallest absolute Gasteiger partial charge is 0.303 e. The molecule has 2 rings (SSSR count). The molecule has 0 bridgehead atoms. The van der Waals surface area contributed by atoms with Gasteiger partial charge in [0.1, 0.15) is 0 Å². The monoisotopic (exact) mass is 275 g/mol. The molecule has 1 heterocycles. The summed E-state index contributed by atoms with van der Waals surface area (Å²) in [6.07, 6.45) is 4.62. The van der Waals surface area contributed by atoms with E-state index in [-0.39, 0.29) is 0 Å². The summed E-state index contributed by atoms with van der Waals surface area (Å²) in [5.74, 6) is -0.120. The third kappa shape index (κ3) is 4.07. The Kier molecular flexibility index (Phi) is 5.60. The molecule has 2 unspecified atom stereocenters. The third-order valence-corrected chi connectivity index (χ3v) is 4.27. The van der Waals surface area contributed by atoms with Crippen LogP contribution in [0, 0.1) is 5.92 Å². The van der Waals surface area contributed by atoms with Crippen LogP contribution in [-0.2, 0) is 4.79 Å². The van der Waals surface area contributed by atoms with Crippen LogP contribution in [0.2, 0.25) is 0 Å². The van der Waals surface area contributed by atoms with Crippen LogP contribution in [0.15, 0.2) is 30.3 Å². The summed E-state index contributed by atoms with van der Waals surface area (Å²) in [5, 5.41) is 8.80. The minimum Gasteiger partial charge on any atom is -0.481 e. The van der Waals surface area contributed by atoms with Gasteiger partial charge in [0.15, 0.2) is 0 Å². The number of aliphatic carboxylic acids is 1. The molecule has 1 aromatic rings. The number of carboxylic acids is 1. The molecule has 2 atom stereocenters. The van der Waals surface area contributed by atoms with Crippen molar-refractivity contribution >= 4 is 5.97 Å². The lowest BCUT2D eigenvalue weighted by atomic mass is 10.0. The molecule has 1 fully saturated rings. The van der Waals surface area contributed by atoms with E-state index in [1.165, 1.54) is 18.4 Å². The first-order chi connectivity index (χ1) is 9.70. The van der Waals surface area contributed by atoms with Gasteiger partial charge in [-0.25, -0.2) is 0 Å². The van der Waals surface area contributed by atoms with Crippen LogP contribution in [-0.4, -0.2) is 29.1 Å². The summed E-state index contributed by atoms with van der Waals surface area (Å²) in [5.41, 5.74) is 1.40. The molecular formula is C17H25NO2. The van der Waals surface area contributed by atoms with Gasteiger partial charge in [0.25, 0.3) is 0 Å². The molecule has 0 spiro atoms. The zero-order valence-corrected chi connectivity index (χ0v) is 12.3. The highest BCUT2D eigenvalue weighted by molar-refractivity contribution is 5.66. The molecule has 20 heavy (non-hydrogen) atoms. The van der Waals surface area contributed by atoms with Crippen LogP contribution in [0.25, 0.3) is 0 Å². The summed E-state index contributed by atoms with van der Waals surface area (Å²) >= 11 is 0. The second-order valence-corrected chi connectivity index (χ2v) is 5.80. The number of rotatable bonds is 7. The van der Waals surface area contributed by atoms with Gasteiger partial charge in [0.05, 0.1) is 0 Å². The topological polar surface area (TPSA) is 40.5 Å². The fraction of sp³-hybridized carbons (Fsp3) is 0.588. The summed E-state index contributed by atoms with van der Waals surface area (Å²) in [4.78, 5) is 13.2. The Labute approximate surface area is 121 Å². The van der Waals surface area contributed by atoms with Crippen molar-refractivity contribution in [3.8, 4) is 0 Å². The molecule has 0 saturated carbocycles. The minimum atomic E-state index is -0.670. The molecule has 1 aliphatic heterocycles. The second kappa shape index (κ2) is 7.44. The predicted molar refractivity (Wildman–Crippen MR) is 80.6 cm³/mol. The number of hydrogen-bond donors (Lipinski definition) is 1. The Morgan fingerprint density at radius 3 is 2.80 bits per heavy atom. The summed E-state index contributed by atoms with van der Waals surface area (Å²) < 4.78 is 0. The average Bonchev–Trinajstić information content (AvgIpc) is 2.92. The van der Waals surface area contributed by atoms with E-state index in [9.17, 15) is 4.79 Å². The molecule has 110 valence electrons. The van der Waals surface area contributed by atoms with E-state index in [0.717, 1.165) is 25.9 Å². The van der Waals surface area contributed by atoms with Gasteiger partial charge in [0.2, 0.25) is 0 Å². The Morgan fingerprint density at radius 2 is 2.15 bits per heavy atom. The SMILES string of the molecule is CCCC(c1ccccc1)N1CCC(CCC(=O)O)C1. The van der Waals surface area contributed by atoms with Crippen molar-refractivity contribution in [3.63, 3.8) is 0 Å². The van der Waals surface area contributed by atoms with Crippen LogP contribution >= 0.6 is 0 Å². The van der Waals surface area contributed by atoms with Gasteiger partial charge in [-0.3, -0.25) is 9.69 Å². The van der Waals surface area contributed by atoms with Crippen LogP contribution < -0.4 is 0 Å². The predicted octanol–water partition coefficient (Wildman–Crippen LogP) is 3.71. The van der Waals surface area contributed by atoms with Gasteiger partial charge in [-0.15, -0.1) is 0 Å². The average molecular weight is 275 g/mol. The molecule has 0 aromatic heterocycles. The molecule has 1 saturated heterocycles. The van der Waals surface area contributed by atoms with Crippen molar-refractivity contribution in [2.24, 2.45) is 5.92 Å². The molecular weight excluding hydrogens is 250 g/mol. The number of likely N-dealkylation sites (tertiary alicyclic amines) is 1. The van der Waals surface area contributed by atoms with Crippen molar-refractivity contribution < 1.29 is 9.90 Å². The van der Waals surface area contributed by atoms with E-state index in [0.29, 0.717) is 18.4 Å². The first kappa shape index (κ1) is 15.0. The maximum Gasteiger partial charge on any atom is 0.303 e. The molecule has 0 amide bonds. The van der Waals surface area contributed by atoms with Gasteiger partial charge in [-0.1, -0.05) is 43.7 Å². The van der Waals surface area contributed by atoms with Crippen LogP contribution in [0.5, 0.6) is 0 Å². The molecule has 1 N–H and O–H groups in total. The highest BCUT2D eigenvalue weighted by Crippen LogP contribution is 2.32. The standard InChI is InChI=1S/C17H25NO2/c1-2-6-16(15-7-4-3-5-8-15)18-12-11-14(13-18)9-10-17(19)20/h3-5,7-8,14,16H,2,6,9-13H2,1H3,(H,19,20). The van der Waals surface area contributed by atoms with E-state index in [1.807, 2.05) is 0 Å². The fourth-order valence-electron chi connectivity index (χ4n) is 3.22. The Morgan fingerprint density at radius 1 is 1.40 bits per heavy atom. The first-order valence-corrected chi connectivity index (χ1v) is 7.71. The summed E-state index contributed by atoms with van der Waals surface area (Å²) in [7, 11) is 0. The van der Waals surface area contributed by atoms with Crippen molar-refractivity contribution in [1.29, 1.82) is 0 Å². The van der Waals surface area contributed by atoms with E-state index in [2.05, 4.69) is 42.2 Å². The number of carbonyl (C=O) groups is 1. The molecule has 0 aliphatic carbocycles. The van der Waals surface area contributed by atoms with Crippen molar-refractivity contribution in [1.82, 2.24) is 4.90 Å². The van der Waals surface area contributed by atoms with E-state index < -0.39 is 5.97 Å². The van der Waals surface area contributed by atoms with E-state index in [4.69, 9.17) is 5.11 Å².